The Morgan fingerprint density at radius 3 is 2.41 bits per heavy atom. The number of fused-ring (bicyclic) bond motifs is 1. The van der Waals surface area contributed by atoms with Gasteiger partial charge in [0.15, 0.2) is 5.69 Å². The number of hydrogen-bond donors (Lipinski definition) is 3. The maximum Gasteiger partial charge on any atom is 0.275 e. The molecule has 0 saturated carbocycles. The molecule has 0 saturated heterocycles. The first kappa shape index (κ1) is 18.9. The maximum absolute atomic E-state index is 12.3. The molecule has 0 spiro atoms. The molecule has 0 aliphatic rings. The first-order valence-corrected chi connectivity index (χ1v) is 8.72. The fraction of sp³-hybridized carbons (Fsp3) is 0.111. The monoisotopic (exact) mass is 404 g/mol. The maximum atomic E-state index is 12.3. The molecule has 0 radical (unpaired) electrons. The smallest absolute Gasteiger partial charge is 0.275 e. The highest BCUT2D eigenvalue weighted by Gasteiger charge is 2.14. The van der Waals surface area contributed by atoms with Gasteiger partial charge in [0.25, 0.3) is 11.8 Å². The fourth-order valence-corrected chi connectivity index (χ4v) is 2.70. The quantitative estimate of drug-likeness (QED) is 0.567. The van der Waals surface area contributed by atoms with E-state index in [1.807, 2.05) is 0 Å². The van der Waals surface area contributed by atoms with Crippen LogP contribution in [0.5, 0.6) is 0 Å². The minimum atomic E-state index is -0.620. The normalized spacial score (nSPS) is 10.6. The average Bonchev–Trinajstić information content (AvgIpc) is 2.67. The Morgan fingerprint density at radius 2 is 1.67 bits per heavy atom. The van der Waals surface area contributed by atoms with Crippen LogP contribution in [0.3, 0.4) is 0 Å². The van der Waals surface area contributed by atoms with Crippen molar-refractivity contribution in [3.05, 3.63) is 74.0 Å². The summed E-state index contributed by atoms with van der Waals surface area (Å²) in [6, 6.07) is 11.3. The summed E-state index contributed by atoms with van der Waals surface area (Å²) in [5.41, 5.74) is 0.211. The van der Waals surface area contributed by atoms with Crippen LogP contribution in [0.15, 0.2) is 47.3 Å². The van der Waals surface area contributed by atoms with Crippen LogP contribution < -0.4 is 16.1 Å². The van der Waals surface area contributed by atoms with Crippen molar-refractivity contribution in [1.82, 2.24) is 20.8 Å². The third kappa shape index (κ3) is 4.27. The van der Waals surface area contributed by atoms with E-state index in [-0.39, 0.29) is 29.7 Å². The number of rotatable bonds is 5. The number of hydrogen-bond acceptors (Lipinski definition) is 4. The standard InChI is InChI=1S/C18H14Cl2N4O3/c19-12-6-5-10(9-13(12)20)17(26)21-7-8-22-18(27)15-16(25)11-3-1-2-4-14(11)23-24-15/h1-6,9H,7-8H2,(H,21,26)(H,22,27)(H,23,25). The van der Waals surface area contributed by atoms with Gasteiger partial charge in [-0.1, -0.05) is 35.3 Å². The molecule has 7 nitrogen and oxygen atoms in total. The summed E-state index contributed by atoms with van der Waals surface area (Å²) in [6.07, 6.45) is 0. The van der Waals surface area contributed by atoms with Gasteiger partial charge in [0.1, 0.15) is 0 Å². The Morgan fingerprint density at radius 1 is 0.963 bits per heavy atom. The molecule has 3 aromatic rings. The van der Waals surface area contributed by atoms with Crippen LogP contribution in [0.4, 0.5) is 0 Å². The van der Waals surface area contributed by atoms with Crippen LogP contribution in [-0.4, -0.2) is 35.1 Å². The molecule has 0 bridgehead atoms. The minimum Gasteiger partial charge on any atom is -0.350 e. The number of carbonyl (C=O) groups is 2. The van der Waals surface area contributed by atoms with E-state index in [2.05, 4.69) is 20.8 Å². The number of aromatic amines is 1. The van der Waals surface area contributed by atoms with Gasteiger partial charge in [-0.25, -0.2) is 0 Å². The van der Waals surface area contributed by atoms with E-state index in [4.69, 9.17) is 23.2 Å². The number of amides is 2. The van der Waals surface area contributed by atoms with Crippen LogP contribution in [0.25, 0.3) is 10.9 Å². The second-order valence-electron chi connectivity index (χ2n) is 5.59. The lowest BCUT2D eigenvalue weighted by molar-refractivity contribution is 0.0924. The average molecular weight is 405 g/mol. The zero-order valence-electron chi connectivity index (χ0n) is 13.9. The summed E-state index contributed by atoms with van der Waals surface area (Å²) in [6.45, 7) is 0.288. The van der Waals surface area contributed by atoms with Crippen molar-refractivity contribution >= 4 is 45.9 Å². The lowest BCUT2D eigenvalue weighted by Crippen LogP contribution is -2.37. The summed E-state index contributed by atoms with van der Waals surface area (Å²) < 4.78 is 0. The van der Waals surface area contributed by atoms with Crippen molar-refractivity contribution in [2.45, 2.75) is 0 Å². The molecular formula is C18H14Cl2N4O3. The number of nitrogens with one attached hydrogen (secondary N) is 3. The molecule has 3 rings (SSSR count). The second kappa shape index (κ2) is 8.20. The largest absolute Gasteiger partial charge is 0.350 e. The molecule has 0 atom stereocenters. The predicted octanol–water partition coefficient (Wildman–Crippen LogP) is 2.39. The second-order valence-corrected chi connectivity index (χ2v) is 6.40. The molecule has 0 aliphatic heterocycles. The van der Waals surface area contributed by atoms with Crippen molar-refractivity contribution in [3.8, 4) is 0 Å². The lowest BCUT2D eigenvalue weighted by Gasteiger charge is -2.07. The summed E-state index contributed by atoms with van der Waals surface area (Å²) in [5, 5.41) is 12.7. The van der Waals surface area contributed by atoms with Gasteiger partial charge in [-0.2, -0.15) is 5.10 Å². The van der Waals surface area contributed by atoms with Gasteiger partial charge in [-0.3, -0.25) is 19.5 Å². The van der Waals surface area contributed by atoms with E-state index >= 15 is 0 Å². The van der Waals surface area contributed by atoms with E-state index in [0.29, 0.717) is 21.5 Å². The molecule has 0 aliphatic carbocycles. The van der Waals surface area contributed by atoms with Gasteiger partial charge in [-0.05, 0) is 30.3 Å². The number of aromatic nitrogens is 2. The van der Waals surface area contributed by atoms with Gasteiger partial charge < -0.3 is 10.6 Å². The zero-order valence-corrected chi connectivity index (χ0v) is 15.4. The van der Waals surface area contributed by atoms with Crippen molar-refractivity contribution in [2.24, 2.45) is 0 Å². The van der Waals surface area contributed by atoms with Crippen molar-refractivity contribution < 1.29 is 9.59 Å². The first-order chi connectivity index (χ1) is 13.0. The van der Waals surface area contributed by atoms with Crippen LogP contribution >= 0.6 is 23.2 Å². The van der Waals surface area contributed by atoms with E-state index in [0.717, 1.165) is 0 Å². The summed E-state index contributed by atoms with van der Waals surface area (Å²) in [4.78, 5) is 36.5. The predicted molar refractivity (Wildman–Crippen MR) is 103 cm³/mol. The minimum absolute atomic E-state index is 0.125. The van der Waals surface area contributed by atoms with Crippen LogP contribution in [0, 0.1) is 0 Å². The van der Waals surface area contributed by atoms with Gasteiger partial charge in [0.2, 0.25) is 5.43 Å². The fourth-order valence-electron chi connectivity index (χ4n) is 2.40. The van der Waals surface area contributed by atoms with Crippen LogP contribution in [0.2, 0.25) is 10.0 Å². The van der Waals surface area contributed by atoms with Crippen molar-refractivity contribution in [3.63, 3.8) is 0 Å². The molecule has 27 heavy (non-hydrogen) atoms. The number of carbonyl (C=O) groups excluding carboxylic acids is 2. The molecule has 0 fully saturated rings. The highest BCUT2D eigenvalue weighted by molar-refractivity contribution is 6.42. The summed E-state index contributed by atoms with van der Waals surface area (Å²) in [5.74, 6) is -0.977. The number of para-hydroxylation sites is 1. The van der Waals surface area contributed by atoms with Crippen LogP contribution in [-0.2, 0) is 0 Å². The van der Waals surface area contributed by atoms with E-state index in [9.17, 15) is 14.4 Å². The first-order valence-electron chi connectivity index (χ1n) is 7.96. The highest BCUT2D eigenvalue weighted by Crippen LogP contribution is 2.22. The van der Waals surface area contributed by atoms with Gasteiger partial charge in [0.05, 0.1) is 15.6 Å². The van der Waals surface area contributed by atoms with Gasteiger partial charge in [-0.15, -0.1) is 0 Å². The molecule has 1 aromatic heterocycles. The van der Waals surface area contributed by atoms with Crippen molar-refractivity contribution in [2.75, 3.05) is 13.1 Å². The number of H-pyrrole nitrogens is 1. The molecule has 3 N–H and O–H groups in total. The summed E-state index contributed by atoms with van der Waals surface area (Å²) in [7, 11) is 0. The molecule has 2 aromatic carbocycles. The molecule has 9 heteroatoms. The van der Waals surface area contributed by atoms with E-state index in [1.165, 1.54) is 12.1 Å². The Labute approximate surface area is 163 Å². The number of benzene rings is 2. The molecule has 138 valence electrons. The molecular weight excluding hydrogens is 391 g/mol. The van der Waals surface area contributed by atoms with Crippen molar-refractivity contribution in [1.29, 1.82) is 0 Å². The molecule has 1 heterocycles. The number of nitrogens with zero attached hydrogens (tertiary/aromatic N) is 1. The van der Waals surface area contributed by atoms with Crippen LogP contribution in [0.1, 0.15) is 20.8 Å². The van der Waals surface area contributed by atoms with E-state index in [1.54, 1.807) is 30.3 Å². The number of halogens is 2. The topological polar surface area (TPSA) is 104 Å². The Bertz CT molecular complexity index is 1080. The molecule has 0 unspecified atom stereocenters. The Balaban J connectivity index is 1.57. The lowest BCUT2D eigenvalue weighted by atomic mass is 10.2. The Kier molecular flexibility index (Phi) is 5.73. The van der Waals surface area contributed by atoms with Gasteiger partial charge in [0, 0.05) is 24.0 Å². The van der Waals surface area contributed by atoms with E-state index < -0.39 is 11.3 Å². The summed E-state index contributed by atoms with van der Waals surface area (Å²) >= 11 is 11.7. The SMILES string of the molecule is O=C(NCCNC(=O)c1n[nH]c2ccccc2c1=O)c1ccc(Cl)c(Cl)c1. The highest BCUT2D eigenvalue weighted by atomic mass is 35.5. The zero-order chi connectivity index (χ0) is 19.4. The van der Waals surface area contributed by atoms with Gasteiger partial charge >= 0.3 is 0 Å². The Hall–Kier alpha value is -2.90. The third-order valence-corrected chi connectivity index (χ3v) is 4.51. The third-order valence-electron chi connectivity index (χ3n) is 3.77. The molecule has 2 amide bonds.